The average Bonchev–Trinajstić information content (AvgIpc) is 2.14. The first-order chi connectivity index (χ1) is 7.77. The number of carboxylic acid groups (broad SMARTS) is 1. The van der Waals surface area contributed by atoms with Gasteiger partial charge in [-0.05, 0) is 12.8 Å². The molecule has 0 aromatic carbocycles. The molecule has 2 aliphatic rings. The molecule has 1 N–H and O–H groups in total. The van der Waals surface area contributed by atoms with Crippen LogP contribution in [0.5, 0.6) is 0 Å². The second kappa shape index (κ2) is 3.65. The molecule has 1 aliphatic heterocycles. The Kier molecular flexibility index (Phi) is 2.63. The number of carbonyl (C=O) groups excluding carboxylic acids is 1. The molecule has 17 heavy (non-hydrogen) atoms. The Labute approximate surface area is 97.6 Å². The molecule has 4 nitrogen and oxygen atoms in total. The third-order valence-corrected chi connectivity index (χ3v) is 3.93. The zero-order valence-corrected chi connectivity index (χ0v) is 9.58. The van der Waals surface area contributed by atoms with Crippen molar-refractivity contribution in [1.29, 1.82) is 0 Å². The molecule has 0 aromatic rings. The van der Waals surface area contributed by atoms with Gasteiger partial charge in [-0.15, -0.1) is 0 Å². The van der Waals surface area contributed by atoms with Gasteiger partial charge in [0.05, 0.1) is 0 Å². The molecular weight excluding hydrogens is 232 g/mol. The molecule has 96 valence electrons. The summed E-state index contributed by atoms with van der Waals surface area (Å²) in [5.41, 5.74) is -0.628. The predicted molar refractivity (Wildman–Crippen MR) is 54.7 cm³/mol. The van der Waals surface area contributed by atoms with Crippen LogP contribution in [0, 0.1) is 0 Å². The highest BCUT2D eigenvalue weighted by molar-refractivity contribution is 5.85. The maximum absolute atomic E-state index is 13.1. The molecule has 0 aromatic heterocycles. The third-order valence-electron chi connectivity index (χ3n) is 3.93. The number of carboxylic acids is 1. The van der Waals surface area contributed by atoms with Crippen molar-refractivity contribution in [2.45, 2.75) is 56.5 Å². The van der Waals surface area contributed by atoms with Gasteiger partial charge in [0.15, 0.2) is 0 Å². The summed E-state index contributed by atoms with van der Waals surface area (Å²) < 4.78 is 26.1. The number of hydrogen-bond acceptors (Lipinski definition) is 2. The Hall–Kier alpha value is -1.20. The molecule has 1 saturated heterocycles. The molecule has 1 atom stereocenters. The van der Waals surface area contributed by atoms with E-state index in [1.54, 1.807) is 0 Å². The van der Waals surface area contributed by atoms with Gasteiger partial charge in [0, 0.05) is 31.7 Å². The van der Waals surface area contributed by atoms with Crippen LogP contribution in [0.3, 0.4) is 0 Å². The maximum Gasteiger partial charge on any atom is 0.326 e. The van der Waals surface area contributed by atoms with Crippen molar-refractivity contribution in [1.82, 2.24) is 4.90 Å². The van der Waals surface area contributed by atoms with Crippen LogP contribution in [0.1, 0.15) is 39.0 Å². The SMILES string of the molecule is CC(=O)N1C(C(=O)O)CC12CCC(F)(F)CC2. The minimum Gasteiger partial charge on any atom is -0.480 e. The van der Waals surface area contributed by atoms with E-state index in [9.17, 15) is 18.4 Å². The van der Waals surface area contributed by atoms with Gasteiger partial charge in [0.2, 0.25) is 11.8 Å². The van der Waals surface area contributed by atoms with E-state index < -0.39 is 23.5 Å². The molecule has 1 aliphatic carbocycles. The van der Waals surface area contributed by atoms with Crippen molar-refractivity contribution >= 4 is 11.9 Å². The molecule has 2 rings (SSSR count). The summed E-state index contributed by atoms with van der Waals surface area (Å²) in [7, 11) is 0. The first-order valence-electron chi connectivity index (χ1n) is 5.68. The monoisotopic (exact) mass is 247 g/mol. The minimum atomic E-state index is -2.66. The number of amides is 1. The summed E-state index contributed by atoms with van der Waals surface area (Å²) in [5.74, 6) is -4.06. The lowest BCUT2D eigenvalue weighted by Gasteiger charge is -2.59. The van der Waals surface area contributed by atoms with Crippen molar-refractivity contribution in [3.63, 3.8) is 0 Å². The van der Waals surface area contributed by atoms with Crippen LogP contribution in [-0.2, 0) is 9.59 Å². The average molecular weight is 247 g/mol. The topological polar surface area (TPSA) is 57.6 Å². The molecule has 1 amide bonds. The van der Waals surface area contributed by atoms with Crippen LogP contribution >= 0.6 is 0 Å². The van der Waals surface area contributed by atoms with Crippen molar-refractivity contribution in [2.75, 3.05) is 0 Å². The fraction of sp³-hybridized carbons (Fsp3) is 0.818. The lowest BCUT2D eigenvalue weighted by molar-refractivity contribution is -0.185. The van der Waals surface area contributed by atoms with Crippen molar-refractivity contribution in [2.24, 2.45) is 0 Å². The Morgan fingerprint density at radius 2 is 1.76 bits per heavy atom. The zero-order valence-electron chi connectivity index (χ0n) is 9.58. The highest BCUT2D eigenvalue weighted by Crippen LogP contribution is 2.50. The van der Waals surface area contributed by atoms with Crippen molar-refractivity contribution < 1.29 is 23.5 Å². The zero-order chi connectivity index (χ0) is 12.8. The number of alkyl halides is 2. The second-order valence-corrected chi connectivity index (χ2v) is 5.03. The van der Waals surface area contributed by atoms with Crippen LogP contribution in [-0.4, -0.2) is 39.4 Å². The van der Waals surface area contributed by atoms with Gasteiger partial charge in [0.25, 0.3) is 0 Å². The largest absolute Gasteiger partial charge is 0.480 e. The Morgan fingerprint density at radius 3 is 2.18 bits per heavy atom. The second-order valence-electron chi connectivity index (χ2n) is 5.03. The number of carbonyl (C=O) groups is 2. The van der Waals surface area contributed by atoms with E-state index in [0.29, 0.717) is 6.42 Å². The Morgan fingerprint density at radius 1 is 1.24 bits per heavy atom. The molecule has 0 radical (unpaired) electrons. The van der Waals surface area contributed by atoms with Gasteiger partial charge in [-0.25, -0.2) is 13.6 Å². The molecule has 1 unspecified atom stereocenters. The van der Waals surface area contributed by atoms with Crippen LogP contribution < -0.4 is 0 Å². The molecule has 1 heterocycles. The first kappa shape index (κ1) is 12.3. The van der Waals surface area contributed by atoms with Gasteiger partial charge < -0.3 is 10.0 Å². The van der Waals surface area contributed by atoms with Crippen LogP contribution in [0.25, 0.3) is 0 Å². The van der Waals surface area contributed by atoms with Crippen molar-refractivity contribution in [3.05, 3.63) is 0 Å². The number of likely N-dealkylation sites (tertiary alicyclic amines) is 1. The highest BCUT2D eigenvalue weighted by Gasteiger charge is 2.59. The fourth-order valence-corrected chi connectivity index (χ4v) is 3.05. The highest BCUT2D eigenvalue weighted by atomic mass is 19.3. The number of halogens is 2. The van der Waals surface area contributed by atoms with Gasteiger partial charge in [-0.3, -0.25) is 4.79 Å². The van der Waals surface area contributed by atoms with E-state index in [-0.39, 0.29) is 31.6 Å². The van der Waals surface area contributed by atoms with Gasteiger partial charge in [-0.1, -0.05) is 0 Å². The normalized spacial score (nSPS) is 29.8. The standard InChI is InChI=1S/C11H15F2NO3/c1-7(15)14-8(9(16)17)6-10(14)2-4-11(12,13)5-3-10/h8H,2-6H2,1H3,(H,16,17). The minimum absolute atomic E-state index is 0.198. The van der Waals surface area contributed by atoms with E-state index in [4.69, 9.17) is 5.11 Å². The summed E-state index contributed by atoms with van der Waals surface area (Å²) in [6, 6.07) is -0.834. The van der Waals surface area contributed by atoms with Gasteiger partial charge in [0.1, 0.15) is 6.04 Å². The molecular formula is C11H15F2NO3. The van der Waals surface area contributed by atoms with E-state index in [0.717, 1.165) is 0 Å². The fourth-order valence-electron chi connectivity index (χ4n) is 3.05. The quantitative estimate of drug-likeness (QED) is 0.766. The van der Waals surface area contributed by atoms with E-state index in [2.05, 4.69) is 0 Å². The number of hydrogen-bond donors (Lipinski definition) is 1. The van der Waals surface area contributed by atoms with Crippen LogP contribution in [0.4, 0.5) is 8.78 Å². The summed E-state index contributed by atoms with van der Waals surface area (Å²) in [5, 5.41) is 8.93. The molecule has 2 fully saturated rings. The summed E-state index contributed by atoms with van der Waals surface area (Å²) in [6.07, 6.45) is 0.178. The molecule has 0 bridgehead atoms. The Bertz CT molecular complexity index is 360. The van der Waals surface area contributed by atoms with E-state index in [1.807, 2.05) is 0 Å². The molecule has 6 heteroatoms. The predicted octanol–water partition coefficient (Wildman–Crippen LogP) is 1.64. The lowest BCUT2D eigenvalue weighted by Crippen LogP contribution is -2.71. The maximum atomic E-state index is 13.1. The third kappa shape index (κ3) is 1.89. The summed E-state index contributed by atoms with van der Waals surface area (Å²) >= 11 is 0. The van der Waals surface area contributed by atoms with E-state index >= 15 is 0 Å². The number of rotatable bonds is 1. The van der Waals surface area contributed by atoms with Crippen LogP contribution in [0.15, 0.2) is 0 Å². The summed E-state index contributed by atoms with van der Waals surface area (Å²) in [6.45, 7) is 1.30. The number of nitrogens with zero attached hydrogens (tertiary/aromatic N) is 1. The van der Waals surface area contributed by atoms with E-state index in [1.165, 1.54) is 11.8 Å². The number of aliphatic carboxylic acids is 1. The molecule has 1 spiro atoms. The van der Waals surface area contributed by atoms with Crippen molar-refractivity contribution in [3.8, 4) is 0 Å². The van der Waals surface area contributed by atoms with Gasteiger partial charge in [-0.2, -0.15) is 0 Å². The smallest absolute Gasteiger partial charge is 0.326 e. The Balaban J connectivity index is 2.13. The lowest BCUT2D eigenvalue weighted by atomic mass is 9.68. The summed E-state index contributed by atoms with van der Waals surface area (Å²) in [4.78, 5) is 23.6. The first-order valence-corrected chi connectivity index (χ1v) is 5.68. The molecule has 1 saturated carbocycles. The van der Waals surface area contributed by atoms with Crippen LogP contribution in [0.2, 0.25) is 0 Å². The van der Waals surface area contributed by atoms with Gasteiger partial charge >= 0.3 is 5.97 Å².